The summed E-state index contributed by atoms with van der Waals surface area (Å²) in [6.45, 7) is 5.92. The number of nitrogens with zero attached hydrogens (tertiary/aromatic N) is 1. The number of phenolic OH excluding ortho intramolecular Hbond substituents is 1. The van der Waals surface area contributed by atoms with Crippen molar-refractivity contribution in [2.75, 3.05) is 26.2 Å². The predicted octanol–water partition coefficient (Wildman–Crippen LogP) is 6.01. The van der Waals surface area contributed by atoms with Gasteiger partial charge in [0.15, 0.2) is 0 Å². The molecule has 0 atom stereocenters. The van der Waals surface area contributed by atoms with Gasteiger partial charge in [-0.2, -0.15) is 0 Å². The van der Waals surface area contributed by atoms with Gasteiger partial charge in [0.2, 0.25) is 0 Å². The summed E-state index contributed by atoms with van der Waals surface area (Å²) in [6.07, 6.45) is 3.87. The quantitative estimate of drug-likeness (QED) is 0.361. The number of likely N-dealkylation sites (tertiary alicyclic amines) is 1. The van der Waals surface area contributed by atoms with Gasteiger partial charge >= 0.3 is 5.63 Å². The smallest absolute Gasteiger partial charge is 0.344 e. The second-order valence-corrected chi connectivity index (χ2v) is 8.96. The molecule has 0 saturated carbocycles. The summed E-state index contributed by atoms with van der Waals surface area (Å²) in [4.78, 5) is 15.6. The molecule has 0 bridgehead atoms. The number of ether oxygens (including phenoxy) is 1. The molecule has 1 fully saturated rings. The van der Waals surface area contributed by atoms with Gasteiger partial charge in [-0.3, -0.25) is 4.90 Å². The molecule has 34 heavy (non-hydrogen) atoms. The summed E-state index contributed by atoms with van der Waals surface area (Å²) in [6, 6.07) is 20.6. The van der Waals surface area contributed by atoms with Gasteiger partial charge in [0.25, 0.3) is 0 Å². The van der Waals surface area contributed by atoms with Gasteiger partial charge in [-0.25, -0.2) is 4.79 Å². The minimum absolute atomic E-state index is 0.0575. The molecule has 4 aromatic rings. The zero-order chi connectivity index (χ0) is 23.5. The number of piperidine rings is 1. The number of phenols is 1. The van der Waals surface area contributed by atoms with E-state index in [1.165, 1.54) is 25.3 Å². The van der Waals surface area contributed by atoms with Gasteiger partial charge in [-0.05, 0) is 68.2 Å². The number of rotatable bonds is 6. The number of hydrogen-bond acceptors (Lipinski definition) is 5. The van der Waals surface area contributed by atoms with Crippen molar-refractivity contribution in [1.82, 2.24) is 4.90 Å². The molecule has 0 spiro atoms. The van der Waals surface area contributed by atoms with Crippen LogP contribution in [-0.2, 0) is 0 Å². The molecule has 0 aliphatic carbocycles. The average molecular weight is 456 g/mol. The third-order valence-corrected chi connectivity index (χ3v) is 6.50. The van der Waals surface area contributed by atoms with Crippen LogP contribution < -0.4 is 10.4 Å². The van der Waals surface area contributed by atoms with Gasteiger partial charge in [0.05, 0.1) is 5.56 Å². The summed E-state index contributed by atoms with van der Waals surface area (Å²) in [5.74, 6) is 0.865. The Bertz CT molecular complexity index is 1330. The van der Waals surface area contributed by atoms with Crippen LogP contribution in [0.2, 0.25) is 0 Å². The van der Waals surface area contributed by atoms with Gasteiger partial charge < -0.3 is 14.3 Å². The normalized spacial score (nSPS) is 14.4. The van der Waals surface area contributed by atoms with Gasteiger partial charge in [-0.15, -0.1) is 0 Å². The Kier molecular flexibility index (Phi) is 6.37. The van der Waals surface area contributed by atoms with Crippen LogP contribution in [0, 0.1) is 6.92 Å². The topological polar surface area (TPSA) is 62.9 Å². The fraction of sp³-hybridized carbons (Fsp3) is 0.276. The van der Waals surface area contributed by atoms with Crippen molar-refractivity contribution in [2.24, 2.45) is 0 Å². The molecule has 1 aliphatic rings. The van der Waals surface area contributed by atoms with Gasteiger partial charge in [0.1, 0.15) is 23.7 Å². The predicted molar refractivity (Wildman–Crippen MR) is 136 cm³/mol. The van der Waals surface area contributed by atoms with Crippen molar-refractivity contribution in [3.8, 4) is 33.8 Å². The average Bonchev–Trinajstić information content (AvgIpc) is 2.85. The summed E-state index contributed by atoms with van der Waals surface area (Å²) < 4.78 is 11.6. The second-order valence-electron chi connectivity index (χ2n) is 8.96. The lowest BCUT2D eigenvalue weighted by atomic mass is 9.92. The highest BCUT2D eigenvalue weighted by Gasteiger charge is 2.19. The Morgan fingerprint density at radius 3 is 2.29 bits per heavy atom. The van der Waals surface area contributed by atoms with E-state index in [0.717, 1.165) is 53.0 Å². The van der Waals surface area contributed by atoms with Gasteiger partial charge in [0, 0.05) is 23.6 Å². The Hall–Kier alpha value is -3.57. The Labute approximate surface area is 199 Å². The standard InChI is InChI=1S/C29H29NO4/c1-20-5-7-22(8-6-20)28-27(25-14-11-23(31)19-26(25)34-29(28)32)21-9-12-24(13-10-21)33-18-17-30-15-3-2-4-16-30/h5-14,19,31H,2-4,15-18H2,1H3. The van der Waals surface area contributed by atoms with Crippen LogP contribution in [0.1, 0.15) is 24.8 Å². The third-order valence-electron chi connectivity index (χ3n) is 6.50. The second kappa shape index (κ2) is 9.74. The maximum absolute atomic E-state index is 13.1. The molecule has 0 radical (unpaired) electrons. The molecule has 1 aliphatic heterocycles. The molecule has 1 saturated heterocycles. The lowest BCUT2D eigenvalue weighted by Crippen LogP contribution is -2.33. The third kappa shape index (κ3) is 4.70. The number of fused-ring (bicyclic) bond motifs is 1. The molecular weight excluding hydrogens is 426 g/mol. The van der Waals surface area contributed by atoms with E-state index in [1.54, 1.807) is 12.1 Å². The number of hydrogen-bond donors (Lipinski definition) is 1. The van der Waals surface area contributed by atoms with Crippen LogP contribution in [0.3, 0.4) is 0 Å². The molecule has 174 valence electrons. The monoisotopic (exact) mass is 455 g/mol. The van der Waals surface area contributed by atoms with Crippen LogP contribution in [0.4, 0.5) is 0 Å². The molecule has 5 nitrogen and oxygen atoms in total. The number of aromatic hydroxyl groups is 1. The summed E-state index contributed by atoms with van der Waals surface area (Å²) in [7, 11) is 0. The van der Waals surface area contributed by atoms with Crippen molar-refractivity contribution in [1.29, 1.82) is 0 Å². The summed E-state index contributed by atoms with van der Waals surface area (Å²) in [5, 5.41) is 10.7. The van der Waals surface area contributed by atoms with E-state index in [1.807, 2.05) is 55.5 Å². The van der Waals surface area contributed by atoms with Crippen LogP contribution in [0.25, 0.3) is 33.2 Å². The Morgan fingerprint density at radius 2 is 1.56 bits per heavy atom. The van der Waals surface area contributed by atoms with Crippen LogP contribution in [0.5, 0.6) is 11.5 Å². The fourth-order valence-electron chi connectivity index (χ4n) is 4.67. The van der Waals surface area contributed by atoms with Crippen molar-refractivity contribution >= 4 is 11.0 Å². The molecular formula is C29H29NO4. The van der Waals surface area contributed by atoms with Crippen molar-refractivity contribution in [3.05, 3.63) is 82.7 Å². The van der Waals surface area contributed by atoms with E-state index in [-0.39, 0.29) is 5.75 Å². The first-order valence-electron chi connectivity index (χ1n) is 11.9. The molecule has 2 heterocycles. The van der Waals surface area contributed by atoms with Crippen LogP contribution in [0.15, 0.2) is 75.9 Å². The Balaban J connectivity index is 1.49. The van der Waals surface area contributed by atoms with E-state index < -0.39 is 5.63 Å². The van der Waals surface area contributed by atoms with Gasteiger partial charge in [-0.1, -0.05) is 48.4 Å². The summed E-state index contributed by atoms with van der Waals surface area (Å²) in [5.41, 5.74) is 4.03. The highest BCUT2D eigenvalue weighted by molar-refractivity contribution is 6.01. The first-order chi connectivity index (χ1) is 16.6. The van der Waals surface area contributed by atoms with Crippen LogP contribution in [-0.4, -0.2) is 36.2 Å². The highest BCUT2D eigenvalue weighted by atomic mass is 16.5. The fourth-order valence-corrected chi connectivity index (χ4v) is 4.67. The molecule has 5 heteroatoms. The van der Waals surface area contributed by atoms with E-state index >= 15 is 0 Å². The molecule has 5 rings (SSSR count). The number of benzene rings is 3. The summed E-state index contributed by atoms with van der Waals surface area (Å²) >= 11 is 0. The molecule has 0 amide bonds. The van der Waals surface area contributed by atoms with E-state index in [2.05, 4.69) is 4.90 Å². The zero-order valence-corrected chi connectivity index (χ0v) is 19.4. The number of aryl methyl sites for hydroxylation is 1. The minimum atomic E-state index is -0.432. The molecule has 1 aromatic heterocycles. The van der Waals surface area contributed by atoms with Crippen molar-refractivity contribution in [3.63, 3.8) is 0 Å². The lowest BCUT2D eigenvalue weighted by Gasteiger charge is -2.26. The van der Waals surface area contributed by atoms with Crippen molar-refractivity contribution < 1.29 is 14.3 Å². The minimum Gasteiger partial charge on any atom is -0.508 e. The SMILES string of the molecule is Cc1ccc(-c2c(-c3ccc(OCCN4CCCCC4)cc3)c3ccc(O)cc3oc2=O)cc1. The van der Waals surface area contributed by atoms with Crippen LogP contribution >= 0.6 is 0 Å². The molecule has 0 unspecified atom stereocenters. The van der Waals surface area contributed by atoms with E-state index in [9.17, 15) is 9.90 Å². The zero-order valence-electron chi connectivity index (χ0n) is 19.4. The highest BCUT2D eigenvalue weighted by Crippen LogP contribution is 2.37. The van der Waals surface area contributed by atoms with E-state index in [4.69, 9.17) is 9.15 Å². The molecule has 3 aromatic carbocycles. The van der Waals surface area contributed by atoms with E-state index in [0.29, 0.717) is 17.8 Å². The first-order valence-corrected chi connectivity index (χ1v) is 11.9. The first kappa shape index (κ1) is 22.2. The molecule has 1 N–H and O–H groups in total. The maximum atomic E-state index is 13.1. The maximum Gasteiger partial charge on any atom is 0.344 e. The lowest BCUT2D eigenvalue weighted by molar-refractivity contribution is 0.183. The van der Waals surface area contributed by atoms with Crippen molar-refractivity contribution in [2.45, 2.75) is 26.2 Å². The largest absolute Gasteiger partial charge is 0.508 e. The Morgan fingerprint density at radius 1 is 0.882 bits per heavy atom.